The second-order valence-electron chi connectivity index (χ2n) is 0.179. The molecule has 4 heteroatoms. The standard InChI is InChI=1S/HN3O/c1-2-3-4/h4H. The third-order valence-corrected chi connectivity index (χ3v) is 0.0400. The zero-order valence-electron chi connectivity index (χ0n) is 1.79. The van der Waals surface area contributed by atoms with Crippen LogP contribution in [0.3, 0.4) is 0 Å². The molecule has 4 heavy (non-hydrogen) atoms. The maximum absolute atomic E-state index is 7.08. The van der Waals surface area contributed by atoms with Gasteiger partial charge in [0.15, 0.2) is 0 Å². The Morgan fingerprint density at radius 1 is 2.00 bits per heavy atom. The summed E-state index contributed by atoms with van der Waals surface area (Å²) >= 11 is 0. The van der Waals surface area contributed by atoms with Crippen LogP contribution in [0.1, 0.15) is 0 Å². The van der Waals surface area contributed by atoms with Crippen LogP contribution in [0.2, 0.25) is 0 Å². The highest BCUT2D eigenvalue weighted by Gasteiger charge is 1.28. The average Bonchev–Trinajstić information content (AvgIpc) is 1.37. The summed E-state index contributed by atoms with van der Waals surface area (Å²) in [7, 11) is 0. The number of nitrogens with zero attached hydrogens (tertiary/aromatic N) is 3. The first-order valence-electron chi connectivity index (χ1n) is 0.600. The SMILES string of the molecule is [N-]=[N+]=NO. The van der Waals surface area contributed by atoms with Gasteiger partial charge in [-0.1, -0.05) is 0 Å². The molecule has 0 aliphatic heterocycles. The summed E-state index contributed by atoms with van der Waals surface area (Å²) in [6.07, 6.45) is 0. The van der Waals surface area contributed by atoms with E-state index in [0.29, 0.717) is 0 Å². The average molecular weight is 59.0 g/mol. The molecular weight excluding hydrogens is 58.0 g/mol. The van der Waals surface area contributed by atoms with E-state index in [1.165, 1.54) is 0 Å². The molecular formula is HN3O. The lowest BCUT2D eigenvalue weighted by atomic mass is 12.9. The van der Waals surface area contributed by atoms with Crippen molar-refractivity contribution in [1.29, 1.82) is 0 Å². The van der Waals surface area contributed by atoms with Crippen LogP contribution in [0, 0.1) is 0 Å². The van der Waals surface area contributed by atoms with Gasteiger partial charge in [0.25, 0.3) is 0 Å². The topological polar surface area (TPSA) is 69.0 Å². The minimum absolute atomic E-state index is 1.92. The zero-order chi connectivity index (χ0) is 3.41. The van der Waals surface area contributed by atoms with E-state index in [-0.39, 0.29) is 0 Å². The van der Waals surface area contributed by atoms with E-state index in [2.05, 4.69) is 0 Å². The Bertz CT molecular complexity index is 41.2. The first kappa shape index (κ1) is 3.11. The number of hydrogen-bond acceptors (Lipinski definition) is 1. The predicted octanol–water partition coefficient (Wildman–Crippen LogP) is 0.686. The van der Waals surface area contributed by atoms with E-state index in [4.69, 9.17) is 10.7 Å². The van der Waals surface area contributed by atoms with Crippen LogP contribution in [0.15, 0.2) is 5.28 Å². The van der Waals surface area contributed by atoms with Gasteiger partial charge in [0.1, 0.15) is 5.28 Å². The van der Waals surface area contributed by atoms with Crippen molar-refractivity contribution >= 4 is 0 Å². The Morgan fingerprint density at radius 3 is 2.25 bits per heavy atom. The summed E-state index contributed by atoms with van der Waals surface area (Å²) in [6, 6.07) is 0. The van der Waals surface area contributed by atoms with Gasteiger partial charge in [0.05, 0.1) is 0 Å². The van der Waals surface area contributed by atoms with Crippen molar-refractivity contribution in [3.05, 3.63) is 10.4 Å². The molecule has 0 aromatic heterocycles. The van der Waals surface area contributed by atoms with E-state index < -0.39 is 0 Å². The van der Waals surface area contributed by atoms with Crippen molar-refractivity contribution < 1.29 is 5.21 Å². The molecule has 0 bridgehead atoms. The van der Waals surface area contributed by atoms with Gasteiger partial charge in [-0.05, 0) is 5.53 Å². The second-order valence-corrected chi connectivity index (χ2v) is 0.179. The summed E-state index contributed by atoms with van der Waals surface area (Å²) in [5.41, 5.74) is 7.08. The van der Waals surface area contributed by atoms with Crippen molar-refractivity contribution in [3.63, 3.8) is 0 Å². The molecule has 0 saturated carbocycles. The summed E-state index contributed by atoms with van der Waals surface area (Å²) in [4.78, 5) is 1.92. The number of hydrogen-bond donors (Lipinski definition) is 1. The van der Waals surface area contributed by atoms with Gasteiger partial charge >= 0.3 is 0 Å². The molecule has 22 valence electrons. The quantitative estimate of drug-likeness (QED) is 0.189. The summed E-state index contributed by atoms with van der Waals surface area (Å²) < 4.78 is 0. The van der Waals surface area contributed by atoms with E-state index in [9.17, 15) is 0 Å². The maximum Gasteiger partial charge on any atom is 0.108 e. The minimum Gasteiger partial charge on any atom is -0.449 e. The molecule has 0 aromatic carbocycles. The molecule has 0 radical (unpaired) electrons. The van der Waals surface area contributed by atoms with Crippen LogP contribution in [0.5, 0.6) is 0 Å². The molecule has 4 nitrogen and oxygen atoms in total. The molecule has 0 rings (SSSR count). The van der Waals surface area contributed by atoms with E-state index >= 15 is 0 Å². The third kappa shape index (κ3) is 1.11. The molecule has 1 N–H and O–H groups in total. The largest absolute Gasteiger partial charge is 0.449 e. The lowest BCUT2D eigenvalue weighted by molar-refractivity contribution is 0.310. The minimum atomic E-state index is 1.92. The van der Waals surface area contributed by atoms with Gasteiger partial charge in [0, 0.05) is 4.91 Å². The Hall–Kier alpha value is -0.890. The van der Waals surface area contributed by atoms with Crippen molar-refractivity contribution in [2.75, 3.05) is 0 Å². The van der Waals surface area contributed by atoms with Gasteiger partial charge in [-0.2, -0.15) is 0 Å². The van der Waals surface area contributed by atoms with E-state index in [1.807, 2.05) is 10.2 Å². The first-order valence-corrected chi connectivity index (χ1v) is 0.600. The maximum atomic E-state index is 7.08. The van der Waals surface area contributed by atoms with Gasteiger partial charge in [-0.15, -0.1) is 0 Å². The Labute approximate surface area is 22.3 Å². The molecule has 0 heterocycles. The first-order chi connectivity index (χ1) is 1.91. The molecule has 0 aliphatic rings. The predicted molar refractivity (Wildman–Crippen MR) is 10.9 cm³/mol. The molecule has 0 saturated heterocycles. The van der Waals surface area contributed by atoms with Crippen molar-refractivity contribution in [1.82, 2.24) is 0 Å². The van der Waals surface area contributed by atoms with Crippen LogP contribution < -0.4 is 0 Å². The van der Waals surface area contributed by atoms with Gasteiger partial charge in [-0.25, -0.2) is 0 Å². The van der Waals surface area contributed by atoms with Crippen LogP contribution >= 0.6 is 0 Å². The zero-order valence-corrected chi connectivity index (χ0v) is 1.79. The summed E-state index contributed by atoms with van der Waals surface area (Å²) in [6.45, 7) is 0. The molecule has 0 atom stereocenters. The third-order valence-electron chi connectivity index (χ3n) is 0.0400. The fourth-order valence-corrected chi connectivity index (χ4v) is 0. The highest BCUT2D eigenvalue weighted by atomic mass is 16.4. The Morgan fingerprint density at radius 2 is 2.25 bits per heavy atom. The highest BCUT2D eigenvalue weighted by molar-refractivity contribution is 4.25. The molecule has 0 unspecified atom stereocenters. The Balaban J connectivity index is 3.11. The van der Waals surface area contributed by atoms with Crippen LogP contribution in [-0.2, 0) is 0 Å². The lowest BCUT2D eigenvalue weighted by Gasteiger charge is -1.40. The fourth-order valence-electron chi connectivity index (χ4n) is 0. The molecule has 0 spiro atoms. The summed E-state index contributed by atoms with van der Waals surface area (Å²) in [5.74, 6) is 0. The van der Waals surface area contributed by atoms with E-state index in [1.54, 1.807) is 0 Å². The van der Waals surface area contributed by atoms with E-state index in [0.717, 1.165) is 0 Å². The number of azide groups is 1. The van der Waals surface area contributed by atoms with Crippen LogP contribution in [-0.4, -0.2) is 5.21 Å². The van der Waals surface area contributed by atoms with Gasteiger partial charge in [0.2, 0.25) is 0 Å². The Kier molecular flexibility index (Phi) is 1.64. The van der Waals surface area contributed by atoms with Gasteiger partial charge < -0.3 is 5.21 Å². The second kappa shape index (κ2) is 2.11. The van der Waals surface area contributed by atoms with Crippen molar-refractivity contribution in [2.24, 2.45) is 5.28 Å². The van der Waals surface area contributed by atoms with Gasteiger partial charge in [-0.3, -0.25) is 0 Å². The van der Waals surface area contributed by atoms with Crippen LogP contribution in [0.25, 0.3) is 10.4 Å². The van der Waals surface area contributed by atoms with Crippen LogP contribution in [0.4, 0.5) is 0 Å². The van der Waals surface area contributed by atoms with Crippen molar-refractivity contribution in [3.8, 4) is 0 Å². The normalized spacial score (nSPS) is 4.00. The molecule has 0 fully saturated rings. The molecule has 0 aliphatic carbocycles. The highest BCUT2D eigenvalue weighted by Crippen LogP contribution is 1.45. The monoisotopic (exact) mass is 59.0 g/mol. The fraction of sp³-hybridized carbons (Fsp3) is 0. The lowest BCUT2D eigenvalue weighted by Crippen LogP contribution is -1.26. The number of rotatable bonds is 0. The van der Waals surface area contributed by atoms with Crippen molar-refractivity contribution in [2.45, 2.75) is 0 Å². The molecule has 0 aromatic rings. The smallest absolute Gasteiger partial charge is 0.108 e. The molecule has 0 amide bonds. The summed E-state index contributed by atoms with van der Waals surface area (Å²) in [5, 5.41) is 9.00.